The first-order valence-electron chi connectivity index (χ1n) is 4.42. The van der Waals surface area contributed by atoms with E-state index in [0.717, 1.165) is 0 Å². The zero-order valence-electron chi connectivity index (χ0n) is 8.11. The second-order valence-electron chi connectivity index (χ2n) is 3.10. The lowest BCUT2D eigenvalue weighted by atomic mass is 9.96. The first-order valence-corrected chi connectivity index (χ1v) is 4.42. The molecule has 1 N–H and O–H groups in total. The minimum atomic E-state index is -0.430. The quantitative estimate of drug-likeness (QED) is 0.420. The van der Waals surface area contributed by atoms with E-state index >= 15 is 0 Å². The molecule has 1 aromatic carbocycles. The van der Waals surface area contributed by atoms with Gasteiger partial charge in [0.2, 0.25) is 0 Å². The Morgan fingerprint density at radius 1 is 1.13 bits per heavy atom. The summed E-state index contributed by atoms with van der Waals surface area (Å²) < 4.78 is 4.81. The second-order valence-corrected chi connectivity index (χ2v) is 3.10. The first kappa shape index (κ1) is 9.45. The van der Waals surface area contributed by atoms with Gasteiger partial charge >= 0.3 is 0 Å². The SMILES string of the molecule is CO/C=C1\C(=O)NC(=O)c2ccccc21. The summed E-state index contributed by atoms with van der Waals surface area (Å²) in [6, 6.07) is 6.91. The number of hydrogen-bond donors (Lipinski definition) is 1. The summed E-state index contributed by atoms with van der Waals surface area (Å²) in [7, 11) is 1.46. The lowest BCUT2D eigenvalue weighted by Gasteiger charge is -2.17. The third-order valence-electron chi connectivity index (χ3n) is 2.17. The van der Waals surface area contributed by atoms with Crippen LogP contribution in [-0.2, 0) is 9.53 Å². The molecule has 0 radical (unpaired) electrons. The highest BCUT2D eigenvalue weighted by molar-refractivity contribution is 6.30. The number of benzene rings is 1. The number of fused-ring (bicyclic) bond motifs is 1. The van der Waals surface area contributed by atoms with Gasteiger partial charge in [0.25, 0.3) is 11.8 Å². The average molecular weight is 203 g/mol. The van der Waals surface area contributed by atoms with Gasteiger partial charge in [-0.2, -0.15) is 0 Å². The topological polar surface area (TPSA) is 55.4 Å². The summed E-state index contributed by atoms with van der Waals surface area (Å²) in [5.74, 6) is -0.801. The van der Waals surface area contributed by atoms with Crippen molar-refractivity contribution < 1.29 is 14.3 Å². The van der Waals surface area contributed by atoms with Crippen LogP contribution in [0.15, 0.2) is 30.5 Å². The van der Waals surface area contributed by atoms with Gasteiger partial charge < -0.3 is 4.74 Å². The number of amides is 2. The Morgan fingerprint density at radius 2 is 1.80 bits per heavy atom. The molecule has 2 rings (SSSR count). The monoisotopic (exact) mass is 203 g/mol. The van der Waals surface area contributed by atoms with Crippen molar-refractivity contribution in [1.29, 1.82) is 0 Å². The van der Waals surface area contributed by atoms with Gasteiger partial charge in [0.1, 0.15) is 0 Å². The number of methoxy groups -OCH3 is 1. The maximum absolute atomic E-state index is 11.5. The molecule has 1 heterocycles. The van der Waals surface area contributed by atoms with Crippen LogP contribution in [0.3, 0.4) is 0 Å². The van der Waals surface area contributed by atoms with Gasteiger partial charge in [-0.05, 0) is 6.07 Å². The molecule has 0 saturated carbocycles. The third-order valence-corrected chi connectivity index (χ3v) is 2.17. The largest absolute Gasteiger partial charge is 0.504 e. The van der Waals surface area contributed by atoms with Crippen LogP contribution >= 0.6 is 0 Å². The van der Waals surface area contributed by atoms with Gasteiger partial charge in [-0.1, -0.05) is 18.2 Å². The van der Waals surface area contributed by atoms with Crippen LogP contribution in [0.1, 0.15) is 15.9 Å². The summed E-state index contributed by atoms with van der Waals surface area (Å²) >= 11 is 0. The van der Waals surface area contributed by atoms with Crippen molar-refractivity contribution in [3.8, 4) is 0 Å². The van der Waals surface area contributed by atoms with Gasteiger partial charge in [-0.15, -0.1) is 0 Å². The molecule has 2 amide bonds. The number of imide groups is 1. The second kappa shape index (κ2) is 3.57. The van der Waals surface area contributed by atoms with E-state index in [1.54, 1.807) is 24.3 Å². The van der Waals surface area contributed by atoms with Gasteiger partial charge in [0, 0.05) is 11.1 Å². The number of carbonyl (C=O) groups is 2. The number of rotatable bonds is 1. The zero-order chi connectivity index (χ0) is 10.8. The zero-order valence-corrected chi connectivity index (χ0v) is 8.11. The molecule has 0 fully saturated rings. The number of nitrogens with one attached hydrogen (secondary N) is 1. The van der Waals surface area contributed by atoms with E-state index in [-0.39, 0.29) is 5.91 Å². The minimum absolute atomic E-state index is 0.368. The highest BCUT2D eigenvalue weighted by atomic mass is 16.5. The van der Waals surface area contributed by atoms with E-state index in [2.05, 4.69) is 5.32 Å². The van der Waals surface area contributed by atoms with E-state index in [0.29, 0.717) is 16.7 Å². The molecule has 4 heteroatoms. The third kappa shape index (κ3) is 1.50. The standard InChI is InChI=1S/C11H9NO3/c1-15-6-9-7-4-2-3-5-8(7)10(13)12-11(9)14/h2-6H,1H3,(H,12,13,14)/b9-6-. The van der Waals surface area contributed by atoms with Crippen molar-refractivity contribution in [2.45, 2.75) is 0 Å². The number of carbonyl (C=O) groups excluding carboxylic acids is 2. The smallest absolute Gasteiger partial charge is 0.261 e. The molecular formula is C11H9NO3. The Balaban J connectivity index is 2.62. The van der Waals surface area contributed by atoms with Crippen LogP contribution in [0.4, 0.5) is 0 Å². The van der Waals surface area contributed by atoms with Crippen LogP contribution in [0.5, 0.6) is 0 Å². The lowest BCUT2D eigenvalue weighted by Crippen LogP contribution is -2.36. The van der Waals surface area contributed by atoms with Gasteiger partial charge in [0.05, 0.1) is 18.9 Å². The summed E-state index contributed by atoms with van der Waals surface area (Å²) in [5, 5.41) is 2.24. The molecule has 0 saturated heterocycles. The molecular weight excluding hydrogens is 194 g/mol. The summed E-state index contributed by atoms with van der Waals surface area (Å²) in [6.07, 6.45) is 1.33. The Morgan fingerprint density at radius 3 is 2.47 bits per heavy atom. The van der Waals surface area contributed by atoms with E-state index in [9.17, 15) is 9.59 Å². The normalized spacial score (nSPS) is 17.3. The molecule has 1 aliphatic rings. The maximum atomic E-state index is 11.5. The summed E-state index contributed by atoms with van der Waals surface area (Å²) in [4.78, 5) is 22.9. The molecule has 0 atom stereocenters. The molecule has 4 nitrogen and oxygen atoms in total. The van der Waals surface area contributed by atoms with E-state index < -0.39 is 5.91 Å². The molecule has 15 heavy (non-hydrogen) atoms. The van der Waals surface area contributed by atoms with E-state index in [4.69, 9.17) is 4.74 Å². The van der Waals surface area contributed by atoms with Crippen LogP contribution in [0.25, 0.3) is 5.57 Å². The van der Waals surface area contributed by atoms with Gasteiger partial charge in [-0.3, -0.25) is 14.9 Å². The molecule has 0 spiro atoms. The number of ether oxygens (including phenoxy) is 1. The fraction of sp³-hybridized carbons (Fsp3) is 0.0909. The van der Waals surface area contributed by atoms with Crippen LogP contribution < -0.4 is 5.32 Å². The van der Waals surface area contributed by atoms with Crippen molar-refractivity contribution >= 4 is 17.4 Å². The van der Waals surface area contributed by atoms with Crippen molar-refractivity contribution in [3.05, 3.63) is 41.7 Å². The molecule has 0 aliphatic carbocycles. The Labute approximate surface area is 86.5 Å². The van der Waals surface area contributed by atoms with Crippen molar-refractivity contribution in [1.82, 2.24) is 5.32 Å². The Hall–Kier alpha value is -2.10. The first-order chi connectivity index (χ1) is 7.24. The predicted molar refractivity (Wildman–Crippen MR) is 53.9 cm³/mol. The van der Waals surface area contributed by atoms with Crippen LogP contribution in [-0.4, -0.2) is 18.9 Å². The Kier molecular flexibility index (Phi) is 2.25. The highest BCUT2D eigenvalue weighted by Crippen LogP contribution is 2.23. The maximum Gasteiger partial charge on any atom is 0.261 e. The Bertz CT molecular complexity index is 463. The fourth-order valence-corrected chi connectivity index (χ4v) is 1.51. The summed E-state index contributed by atoms with van der Waals surface area (Å²) in [6.45, 7) is 0. The molecule has 76 valence electrons. The highest BCUT2D eigenvalue weighted by Gasteiger charge is 2.26. The van der Waals surface area contributed by atoms with Crippen molar-refractivity contribution in [3.63, 3.8) is 0 Å². The molecule has 0 aromatic heterocycles. The summed E-state index contributed by atoms with van der Waals surface area (Å²) in [5.41, 5.74) is 1.46. The van der Waals surface area contributed by atoms with Crippen LogP contribution in [0, 0.1) is 0 Å². The molecule has 0 unspecified atom stereocenters. The van der Waals surface area contributed by atoms with Gasteiger partial charge in [-0.25, -0.2) is 0 Å². The van der Waals surface area contributed by atoms with E-state index in [1.165, 1.54) is 13.4 Å². The minimum Gasteiger partial charge on any atom is -0.504 e. The molecule has 1 aliphatic heterocycles. The molecule has 0 bridgehead atoms. The number of hydrogen-bond acceptors (Lipinski definition) is 3. The fourth-order valence-electron chi connectivity index (χ4n) is 1.51. The van der Waals surface area contributed by atoms with E-state index in [1.807, 2.05) is 0 Å². The molecule has 1 aromatic rings. The van der Waals surface area contributed by atoms with Crippen molar-refractivity contribution in [2.75, 3.05) is 7.11 Å². The van der Waals surface area contributed by atoms with Gasteiger partial charge in [0.15, 0.2) is 0 Å². The predicted octanol–water partition coefficient (Wildman–Crippen LogP) is 0.944. The average Bonchev–Trinajstić information content (AvgIpc) is 2.24. The van der Waals surface area contributed by atoms with Crippen molar-refractivity contribution in [2.24, 2.45) is 0 Å². The van der Waals surface area contributed by atoms with Crippen LogP contribution in [0.2, 0.25) is 0 Å². The lowest BCUT2D eigenvalue weighted by molar-refractivity contribution is -0.114.